The van der Waals surface area contributed by atoms with Gasteiger partial charge >= 0.3 is 0 Å². The third-order valence-electron chi connectivity index (χ3n) is 2.35. The molecule has 0 fully saturated rings. The van der Waals surface area contributed by atoms with E-state index in [1.807, 2.05) is 6.92 Å². The fraction of sp³-hybridized carbons (Fsp3) is 0.364. The van der Waals surface area contributed by atoms with Crippen molar-refractivity contribution < 1.29 is 4.39 Å². The van der Waals surface area contributed by atoms with Crippen LogP contribution in [0.1, 0.15) is 13.3 Å². The fourth-order valence-electron chi connectivity index (χ4n) is 1.76. The Morgan fingerprint density at radius 2 is 2.36 bits per heavy atom. The Kier molecular flexibility index (Phi) is 2.33. The summed E-state index contributed by atoms with van der Waals surface area (Å²) >= 11 is 0. The van der Waals surface area contributed by atoms with Gasteiger partial charge in [0.15, 0.2) is 0 Å². The molecule has 3 heteroatoms. The molecule has 2 N–H and O–H groups in total. The number of hydrogen-bond acceptors (Lipinski definition) is 2. The maximum Gasteiger partial charge on any atom is 0.123 e. The van der Waals surface area contributed by atoms with E-state index in [0.717, 1.165) is 22.6 Å². The monoisotopic (exact) mass is 192 g/mol. The number of fused-ring (bicyclic) bond motifs is 1. The van der Waals surface area contributed by atoms with Gasteiger partial charge in [0.25, 0.3) is 0 Å². The lowest BCUT2D eigenvalue weighted by atomic mass is 10.1. The second kappa shape index (κ2) is 3.50. The summed E-state index contributed by atoms with van der Waals surface area (Å²) in [6.45, 7) is 2.62. The molecular formula is C11H13FN2. The lowest BCUT2D eigenvalue weighted by molar-refractivity contribution is 0.625. The molecule has 14 heavy (non-hydrogen) atoms. The molecule has 1 aliphatic rings. The Labute approximate surface area is 82.0 Å². The van der Waals surface area contributed by atoms with Crippen LogP contribution in [0.2, 0.25) is 0 Å². The minimum Gasteiger partial charge on any atom is -0.328 e. The summed E-state index contributed by atoms with van der Waals surface area (Å²) < 4.78 is 13.0. The average Bonchev–Trinajstić information content (AvgIpc) is 2.47. The highest BCUT2D eigenvalue weighted by Crippen LogP contribution is 2.06. The number of hydrogen-bond donors (Lipinski definition) is 1. The standard InChI is InChI=1S/C11H13FN2/c1-7(13)4-8-6-14-11-3-2-9(12)5-10(8)11/h2-3,5,7H,4,6,13H2,1H3/t7-/m1/s1. The highest BCUT2D eigenvalue weighted by Gasteiger charge is 2.08. The van der Waals surface area contributed by atoms with Gasteiger partial charge in [-0.2, -0.15) is 0 Å². The van der Waals surface area contributed by atoms with E-state index in [-0.39, 0.29) is 11.9 Å². The first kappa shape index (κ1) is 9.34. The average molecular weight is 192 g/mol. The van der Waals surface area contributed by atoms with Crippen molar-refractivity contribution in [3.05, 3.63) is 34.6 Å². The first-order valence-corrected chi connectivity index (χ1v) is 4.74. The summed E-state index contributed by atoms with van der Waals surface area (Å²) in [7, 11) is 0. The summed E-state index contributed by atoms with van der Waals surface area (Å²) in [4.78, 5) is 4.32. The molecule has 1 atom stereocenters. The molecule has 1 aromatic carbocycles. The van der Waals surface area contributed by atoms with Gasteiger partial charge < -0.3 is 5.73 Å². The topological polar surface area (TPSA) is 38.4 Å². The first-order valence-electron chi connectivity index (χ1n) is 4.74. The molecule has 0 unspecified atom stereocenters. The molecule has 0 aromatic heterocycles. The lowest BCUT2D eigenvalue weighted by Gasteiger charge is -2.04. The van der Waals surface area contributed by atoms with Crippen molar-refractivity contribution >= 4 is 5.57 Å². The molecule has 2 rings (SSSR count). The van der Waals surface area contributed by atoms with E-state index in [4.69, 9.17) is 5.73 Å². The second-order valence-electron chi connectivity index (χ2n) is 3.76. The zero-order valence-corrected chi connectivity index (χ0v) is 8.13. The zero-order chi connectivity index (χ0) is 10.1. The Morgan fingerprint density at radius 1 is 1.57 bits per heavy atom. The van der Waals surface area contributed by atoms with E-state index in [9.17, 15) is 4.39 Å². The Morgan fingerprint density at radius 3 is 3.07 bits per heavy atom. The maximum absolute atomic E-state index is 13.0. The zero-order valence-electron chi connectivity index (χ0n) is 8.13. The summed E-state index contributed by atoms with van der Waals surface area (Å²) in [5.41, 5.74) is 6.86. The van der Waals surface area contributed by atoms with Crippen molar-refractivity contribution in [2.45, 2.75) is 19.4 Å². The van der Waals surface area contributed by atoms with E-state index in [1.165, 1.54) is 6.07 Å². The molecule has 0 amide bonds. The van der Waals surface area contributed by atoms with Gasteiger partial charge in [0.2, 0.25) is 0 Å². The van der Waals surface area contributed by atoms with Crippen LogP contribution in [0.15, 0.2) is 23.2 Å². The van der Waals surface area contributed by atoms with Gasteiger partial charge in [-0.25, -0.2) is 4.39 Å². The smallest absolute Gasteiger partial charge is 0.123 e. The van der Waals surface area contributed by atoms with E-state index >= 15 is 0 Å². The molecule has 0 saturated heterocycles. The van der Waals surface area contributed by atoms with Gasteiger partial charge in [-0.05, 0) is 37.1 Å². The predicted octanol–water partition coefficient (Wildman–Crippen LogP) is 0.347. The van der Waals surface area contributed by atoms with Crippen molar-refractivity contribution in [3.63, 3.8) is 0 Å². The molecule has 1 heterocycles. The van der Waals surface area contributed by atoms with Crippen LogP contribution < -0.4 is 16.3 Å². The van der Waals surface area contributed by atoms with Crippen molar-refractivity contribution in [1.29, 1.82) is 0 Å². The molecule has 0 saturated carbocycles. The second-order valence-corrected chi connectivity index (χ2v) is 3.76. The van der Waals surface area contributed by atoms with Crippen molar-refractivity contribution in [3.8, 4) is 0 Å². The first-order chi connectivity index (χ1) is 6.66. The molecular weight excluding hydrogens is 179 g/mol. The third kappa shape index (κ3) is 1.68. The number of halogens is 1. The van der Waals surface area contributed by atoms with E-state index in [1.54, 1.807) is 12.1 Å². The highest BCUT2D eigenvalue weighted by molar-refractivity contribution is 5.49. The lowest BCUT2D eigenvalue weighted by Crippen LogP contribution is -2.25. The summed E-state index contributed by atoms with van der Waals surface area (Å²) in [6.07, 6.45) is 0.792. The van der Waals surface area contributed by atoms with E-state index in [2.05, 4.69) is 4.99 Å². The van der Waals surface area contributed by atoms with Crippen LogP contribution in [-0.2, 0) is 0 Å². The maximum atomic E-state index is 13.0. The number of nitrogens with zero attached hydrogens (tertiary/aromatic N) is 1. The molecule has 74 valence electrons. The SMILES string of the molecule is C[C@@H](N)CC1=c2cc(F)ccc2=NC1. The Balaban J connectivity index is 2.53. The van der Waals surface area contributed by atoms with Crippen LogP contribution in [0, 0.1) is 5.82 Å². The van der Waals surface area contributed by atoms with Gasteiger partial charge in [-0.15, -0.1) is 0 Å². The van der Waals surface area contributed by atoms with Gasteiger partial charge in [0.1, 0.15) is 5.82 Å². The Hall–Kier alpha value is -1.22. The molecule has 0 radical (unpaired) electrons. The van der Waals surface area contributed by atoms with Crippen molar-refractivity contribution in [2.24, 2.45) is 10.7 Å². The number of benzene rings is 1. The highest BCUT2D eigenvalue weighted by atomic mass is 19.1. The van der Waals surface area contributed by atoms with Crippen LogP contribution >= 0.6 is 0 Å². The van der Waals surface area contributed by atoms with Gasteiger partial charge in [0, 0.05) is 11.3 Å². The van der Waals surface area contributed by atoms with Crippen molar-refractivity contribution in [1.82, 2.24) is 0 Å². The quantitative estimate of drug-likeness (QED) is 0.721. The third-order valence-corrected chi connectivity index (χ3v) is 2.35. The molecule has 1 aromatic rings. The molecule has 2 nitrogen and oxygen atoms in total. The minimum absolute atomic E-state index is 0.106. The fourth-order valence-corrected chi connectivity index (χ4v) is 1.76. The molecule has 0 aliphatic carbocycles. The molecule has 0 spiro atoms. The number of nitrogens with two attached hydrogens (primary N) is 1. The van der Waals surface area contributed by atoms with E-state index in [0.29, 0.717) is 6.54 Å². The van der Waals surface area contributed by atoms with Crippen LogP contribution in [0.25, 0.3) is 5.57 Å². The largest absolute Gasteiger partial charge is 0.328 e. The van der Waals surface area contributed by atoms with Crippen LogP contribution in [0.5, 0.6) is 0 Å². The predicted molar refractivity (Wildman–Crippen MR) is 53.7 cm³/mol. The van der Waals surface area contributed by atoms with Crippen LogP contribution in [-0.4, -0.2) is 12.6 Å². The van der Waals surface area contributed by atoms with E-state index < -0.39 is 0 Å². The minimum atomic E-state index is -0.206. The number of rotatable bonds is 2. The van der Waals surface area contributed by atoms with Gasteiger partial charge in [-0.1, -0.05) is 0 Å². The van der Waals surface area contributed by atoms with Gasteiger partial charge in [0.05, 0.1) is 11.9 Å². The van der Waals surface area contributed by atoms with Gasteiger partial charge in [-0.3, -0.25) is 4.99 Å². The molecule has 1 aliphatic heterocycles. The van der Waals surface area contributed by atoms with Crippen LogP contribution in [0.4, 0.5) is 4.39 Å². The summed E-state index contributed by atoms with van der Waals surface area (Å²) in [6, 6.07) is 4.81. The normalized spacial score (nSPS) is 16.4. The van der Waals surface area contributed by atoms with Crippen molar-refractivity contribution in [2.75, 3.05) is 6.54 Å². The molecule has 0 bridgehead atoms. The Bertz CT molecular complexity index is 463. The van der Waals surface area contributed by atoms with Crippen LogP contribution in [0.3, 0.4) is 0 Å². The summed E-state index contributed by atoms with van der Waals surface area (Å²) in [5.74, 6) is -0.206. The summed E-state index contributed by atoms with van der Waals surface area (Å²) in [5, 5.41) is 1.82.